The van der Waals surface area contributed by atoms with E-state index in [9.17, 15) is 0 Å². The molecule has 0 N–H and O–H groups in total. The Morgan fingerprint density at radius 3 is 2.31 bits per heavy atom. The van der Waals surface area contributed by atoms with Crippen molar-refractivity contribution in [2.75, 3.05) is 19.8 Å². The third-order valence-corrected chi connectivity index (χ3v) is 2.36. The van der Waals surface area contributed by atoms with Crippen LogP contribution in [0, 0.1) is 5.92 Å². The first-order valence-corrected chi connectivity index (χ1v) is 5.38. The SMILES string of the molecule is CCCN1C=CN(CCC(C)C)C1. The molecule has 0 spiro atoms. The normalized spacial score (nSPS) is 16.3. The van der Waals surface area contributed by atoms with E-state index in [1.807, 2.05) is 0 Å². The number of nitrogens with zero attached hydrogens (tertiary/aromatic N) is 2. The second-order valence-corrected chi connectivity index (χ2v) is 4.25. The third-order valence-electron chi connectivity index (χ3n) is 2.36. The molecular weight excluding hydrogens is 160 g/mol. The summed E-state index contributed by atoms with van der Waals surface area (Å²) in [6.45, 7) is 10.3. The summed E-state index contributed by atoms with van der Waals surface area (Å²) in [5, 5.41) is 0. The second-order valence-electron chi connectivity index (χ2n) is 4.25. The Balaban J connectivity index is 2.15. The van der Waals surface area contributed by atoms with Crippen LogP contribution in [-0.4, -0.2) is 29.6 Å². The van der Waals surface area contributed by atoms with Crippen LogP contribution in [0.5, 0.6) is 0 Å². The summed E-state index contributed by atoms with van der Waals surface area (Å²) in [6, 6.07) is 0. The smallest absolute Gasteiger partial charge is 0.0893 e. The Labute approximate surface area is 82.2 Å². The molecule has 0 fully saturated rings. The van der Waals surface area contributed by atoms with Crippen LogP contribution in [0.1, 0.15) is 33.6 Å². The molecule has 1 aliphatic rings. The second kappa shape index (κ2) is 5.15. The Bertz CT molecular complexity index is 163. The highest BCUT2D eigenvalue weighted by atomic mass is 15.3. The molecule has 0 saturated heterocycles. The maximum Gasteiger partial charge on any atom is 0.0893 e. The van der Waals surface area contributed by atoms with Crippen LogP contribution in [0.15, 0.2) is 12.4 Å². The van der Waals surface area contributed by atoms with Gasteiger partial charge in [-0.15, -0.1) is 0 Å². The fourth-order valence-electron chi connectivity index (χ4n) is 1.52. The maximum atomic E-state index is 2.40. The van der Waals surface area contributed by atoms with Crippen molar-refractivity contribution in [1.29, 1.82) is 0 Å². The van der Waals surface area contributed by atoms with Crippen molar-refractivity contribution >= 4 is 0 Å². The van der Waals surface area contributed by atoms with E-state index in [1.165, 1.54) is 25.9 Å². The van der Waals surface area contributed by atoms with Crippen molar-refractivity contribution in [2.24, 2.45) is 5.92 Å². The van der Waals surface area contributed by atoms with Gasteiger partial charge in [-0.25, -0.2) is 0 Å². The van der Waals surface area contributed by atoms with Gasteiger partial charge in [-0.3, -0.25) is 0 Å². The Morgan fingerprint density at radius 2 is 1.77 bits per heavy atom. The summed E-state index contributed by atoms with van der Waals surface area (Å²) in [4.78, 5) is 4.77. The molecule has 2 heteroatoms. The number of rotatable bonds is 5. The van der Waals surface area contributed by atoms with E-state index in [1.54, 1.807) is 0 Å². The Kier molecular flexibility index (Phi) is 4.13. The van der Waals surface area contributed by atoms with Gasteiger partial charge in [-0.05, 0) is 18.8 Å². The Morgan fingerprint density at radius 1 is 1.15 bits per heavy atom. The highest BCUT2D eigenvalue weighted by Crippen LogP contribution is 2.09. The summed E-state index contributed by atoms with van der Waals surface area (Å²) in [6.07, 6.45) is 6.97. The van der Waals surface area contributed by atoms with Crippen molar-refractivity contribution < 1.29 is 0 Å². The number of hydrogen-bond donors (Lipinski definition) is 0. The lowest BCUT2D eigenvalue weighted by Crippen LogP contribution is -2.27. The molecule has 2 nitrogen and oxygen atoms in total. The van der Waals surface area contributed by atoms with Crippen molar-refractivity contribution in [1.82, 2.24) is 9.80 Å². The average molecular weight is 182 g/mol. The van der Waals surface area contributed by atoms with E-state index in [2.05, 4.69) is 43.0 Å². The van der Waals surface area contributed by atoms with E-state index in [-0.39, 0.29) is 0 Å². The fourth-order valence-corrected chi connectivity index (χ4v) is 1.52. The highest BCUT2D eigenvalue weighted by Gasteiger charge is 2.10. The first-order valence-electron chi connectivity index (χ1n) is 5.38. The molecule has 0 aromatic rings. The molecule has 0 saturated carbocycles. The maximum absolute atomic E-state index is 2.40. The third kappa shape index (κ3) is 3.71. The molecule has 76 valence electrons. The van der Waals surface area contributed by atoms with Crippen molar-refractivity contribution in [3.8, 4) is 0 Å². The van der Waals surface area contributed by atoms with Gasteiger partial charge >= 0.3 is 0 Å². The molecule has 1 heterocycles. The van der Waals surface area contributed by atoms with E-state index in [0.717, 1.165) is 12.6 Å². The highest BCUT2D eigenvalue weighted by molar-refractivity contribution is 4.90. The molecule has 0 radical (unpaired) electrons. The van der Waals surface area contributed by atoms with Gasteiger partial charge in [0.15, 0.2) is 0 Å². The van der Waals surface area contributed by atoms with Gasteiger partial charge in [-0.2, -0.15) is 0 Å². The minimum Gasteiger partial charge on any atom is -0.359 e. The first-order chi connectivity index (χ1) is 6.22. The van der Waals surface area contributed by atoms with Gasteiger partial charge in [0.2, 0.25) is 0 Å². The van der Waals surface area contributed by atoms with Crippen LogP contribution >= 0.6 is 0 Å². The van der Waals surface area contributed by atoms with Crippen LogP contribution in [0.3, 0.4) is 0 Å². The molecule has 13 heavy (non-hydrogen) atoms. The van der Waals surface area contributed by atoms with Gasteiger partial charge in [0.1, 0.15) is 0 Å². The van der Waals surface area contributed by atoms with E-state index >= 15 is 0 Å². The van der Waals surface area contributed by atoms with Crippen molar-refractivity contribution in [2.45, 2.75) is 33.6 Å². The van der Waals surface area contributed by atoms with E-state index in [4.69, 9.17) is 0 Å². The van der Waals surface area contributed by atoms with E-state index in [0.29, 0.717) is 0 Å². The van der Waals surface area contributed by atoms with Crippen molar-refractivity contribution in [3.63, 3.8) is 0 Å². The van der Waals surface area contributed by atoms with Crippen LogP contribution in [0.25, 0.3) is 0 Å². The van der Waals surface area contributed by atoms with E-state index < -0.39 is 0 Å². The molecule has 1 rings (SSSR count). The zero-order chi connectivity index (χ0) is 9.68. The lowest BCUT2D eigenvalue weighted by molar-refractivity contribution is 0.255. The Hall–Kier alpha value is -0.660. The molecule has 0 aromatic carbocycles. The van der Waals surface area contributed by atoms with Gasteiger partial charge in [0.05, 0.1) is 6.67 Å². The lowest BCUT2D eigenvalue weighted by atomic mass is 10.1. The summed E-state index contributed by atoms with van der Waals surface area (Å²) < 4.78 is 0. The zero-order valence-electron chi connectivity index (χ0n) is 9.16. The van der Waals surface area contributed by atoms with Crippen LogP contribution in [0.2, 0.25) is 0 Å². The van der Waals surface area contributed by atoms with Gasteiger partial charge in [-0.1, -0.05) is 20.8 Å². The summed E-state index contributed by atoms with van der Waals surface area (Å²) in [7, 11) is 0. The van der Waals surface area contributed by atoms with Gasteiger partial charge in [0, 0.05) is 25.5 Å². The molecule has 0 unspecified atom stereocenters. The van der Waals surface area contributed by atoms with Gasteiger partial charge in [0.25, 0.3) is 0 Å². The molecular formula is C11H22N2. The lowest BCUT2D eigenvalue weighted by Gasteiger charge is -2.21. The minimum absolute atomic E-state index is 0.814. The number of hydrogen-bond acceptors (Lipinski definition) is 2. The molecule has 0 atom stereocenters. The minimum atomic E-state index is 0.814. The van der Waals surface area contributed by atoms with Crippen molar-refractivity contribution in [3.05, 3.63) is 12.4 Å². The fraction of sp³-hybridized carbons (Fsp3) is 0.818. The zero-order valence-corrected chi connectivity index (χ0v) is 9.16. The quantitative estimate of drug-likeness (QED) is 0.644. The monoisotopic (exact) mass is 182 g/mol. The molecule has 0 amide bonds. The summed E-state index contributed by atoms with van der Waals surface area (Å²) in [5.41, 5.74) is 0. The van der Waals surface area contributed by atoms with Crippen LogP contribution < -0.4 is 0 Å². The average Bonchev–Trinajstić information content (AvgIpc) is 2.50. The summed E-state index contributed by atoms with van der Waals surface area (Å²) >= 11 is 0. The van der Waals surface area contributed by atoms with Gasteiger partial charge < -0.3 is 9.80 Å². The molecule has 1 aliphatic heterocycles. The predicted molar refractivity (Wildman–Crippen MR) is 57.2 cm³/mol. The molecule has 0 bridgehead atoms. The topological polar surface area (TPSA) is 6.48 Å². The largest absolute Gasteiger partial charge is 0.359 e. The first kappa shape index (κ1) is 10.4. The summed E-state index contributed by atoms with van der Waals surface area (Å²) in [5.74, 6) is 0.814. The van der Waals surface area contributed by atoms with Crippen LogP contribution in [-0.2, 0) is 0 Å². The molecule has 0 aromatic heterocycles. The standard InChI is InChI=1S/C11H22N2/c1-4-6-12-8-9-13(10-12)7-5-11(2)3/h8-9,11H,4-7,10H2,1-3H3. The van der Waals surface area contributed by atoms with Crippen LogP contribution in [0.4, 0.5) is 0 Å². The predicted octanol–water partition coefficient (Wildman–Crippen LogP) is 2.49. The molecule has 0 aliphatic carbocycles.